The molecule has 0 fully saturated rings. The number of aromatic amines is 1. The Morgan fingerprint density at radius 1 is 1.35 bits per heavy atom. The Hall–Kier alpha value is -1.88. The Kier molecular flexibility index (Phi) is 4.10. The van der Waals surface area contributed by atoms with Crippen LogP contribution in [0.5, 0.6) is 0 Å². The number of hydrogen-bond acceptors (Lipinski definition) is 4. The fraction of sp³-hybridized carbons (Fsp3) is 0.333. The molecule has 5 nitrogen and oxygen atoms in total. The minimum atomic E-state index is 0.687. The van der Waals surface area contributed by atoms with Gasteiger partial charge in [-0.05, 0) is 25.2 Å². The van der Waals surface area contributed by atoms with Gasteiger partial charge in [0.2, 0.25) is 0 Å². The molecule has 0 aliphatic heterocycles. The van der Waals surface area contributed by atoms with Gasteiger partial charge in [0.25, 0.3) is 0 Å². The van der Waals surface area contributed by atoms with E-state index in [9.17, 15) is 0 Å². The molecular formula is C12H17N5. The zero-order chi connectivity index (χ0) is 11.9. The summed E-state index contributed by atoms with van der Waals surface area (Å²) >= 11 is 0. The maximum absolute atomic E-state index is 4.39. The number of nitrogens with one attached hydrogen (secondary N) is 3. The van der Waals surface area contributed by atoms with Crippen molar-refractivity contribution in [3.8, 4) is 0 Å². The monoisotopic (exact) mass is 231 g/mol. The standard InChI is InChI=1S/C12H17N5/c1-13-9-12-16-8-5-11(17-12)15-7-4-10-3-2-6-14-10/h2-3,5-6,8,13-14H,4,7,9H2,1H3,(H,15,16,17). The fourth-order valence-corrected chi connectivity index (χ4v) is 1.59. The highest BCUT2D eigenvalue weighted by Crippen LogP contribution is 2.02. The van der Waals surface area contributed by atoms with E-state index in [0.717, 1.165) is 24.6 Å². The number of H-pyrrole nitrogens is 1. The summed E-state index contributed by atoms with van der Waals surface area (Å²) in [5, 5.41) is 6.31. The average molecular weight is 231 g/mol. The fourth-order valence-electron chi connectivity index (χ4n) is 1.59. The maximum atomic E-state index is 4.39. The van der Waals surface area contributed by atoms with E-state index in [1.165, 1.54) is 5.69 Å². The van der Waals surface area contributed by atoms with E-state index in [4.69, 9.17) is 0 Å². The lowest BCUT2D eigenvalue weighted by Crippen LogP contribution is -2.12. The first-order valence-corrected chi connectivity index (χ1v) is 5.71. The molecule has 90 valence electrons. The van der Waals surface area contributed by atoms with Crippen LogP contribution in [0.15, 0.2) is 30.6 Å². The summed E-state index contributed by atoms with van der Waals surface area (Å²) in [6, 6.07) is 5.97. The van der Waals surface area contributed by atoms with Crippen LogP contribution in [0.25, 0.3) is 0 Å². The number of anilines is 1. The van der Waals surface area contributed by atoms with Crippen LogP contribution in [0, 0.1) is 0 Å². The lowest BCUT2D eigenvalue weighted by Gasteiger charge is -2.06. The Balaban J connectivity index is 1.84. The molecule has 2 aromatic heterocycles. The lowest BCUT2D eigenvalue weighted by atomic mass is 10.3. The molecular weight excluding hydrogens is 214 g/mol. The van der Waals surface area contributed by atoms with Crippen LogP contribution in [-0.2, 0) is 13.0 Å². The highest BCUT2D eigenvalue weighted by atomic mass is 15.0. The summed E-state index contributed by atoms with van der Waals surface area (Å²) in [5.41, 5.74) is 1.22. The van der Waals surface area contributed by atoms with Gasteiger partial charge in [-0.15, -0.1) is 0 Å². The summed E-state index contributed by atoms with van der Waals surface area (Å²) in [7, 11) is 1.88. The topological polar surface area (TPSA) is 65.6 Å². The van der Waals surface area contributed by atoms with E-state index in [1.54, 1.807) is 6.20 Å². The third-order valence-corrected chi connectivity index (χ3v) is 2.40. The van der Waals surface area contributed by atoms with Gasteiger partial charge < -0.3 is 15.6 Å². The van der Waals surface area contributed by atoms with Crippen molar-refractivity contribution >= 4 is 5.82 Å². The molecule has 0 atom stereocenters. The second-order valence-electron chi connectivity index (χ2n) is 3.76. The second kappa shape index (κ2) is 6.00. The van der Waals surface area contributed by atoms with Crippen LogP contribution >= 0.6 is 0 Å². The minimum Gasteiger partial charge on any atom is -0.370 e. The van der Waals surface area contributed by atoms with Gasteiger partial charge in [0.1, 0.15) is 11.6 Å². The molecule has 2 aromatic rings. The van der Waals surface area contributed by atoms with Gasteiger partial charge in [-0.2, -0.15) is 0 Å². The van der Waals surface area contributed by atoms with Crippen molar-refractivity contribution in [3.63, 3.8) is 0 Å². The second-order valence-corrected chi connectivity index (χ2v) is 3.76. The summed E-state index contributed by atoms with van der Waals surface area (Å²) in [4.78, 5) is 11.7. The predicted octanol–water partition coefficient (Wildman–Crippen LogP) is 1.18. The first-order chi connectivity index (χ1) is 8.38. The normalized spacial score (nSPS) is 10.4. The zero-order valence-electron chi connectivity index (χ0n) is 9.90. The van der Waals surface area contributed by atoms with Crippen molar-refractivity contribution in [2.24, 2.45) is 0 Å². The first-order valence-electron chi connectivity index (χ1n) is 5.71. The highest BCUT2D eigenvalue weighted by molar-refractivity contribution is 5.33. The Labute approximate surface area is 101 Å². The van der Waals surface area contributed by atoms with Crippen LogP contribution in [0.3, 0.4) is 0 Å². The van der Waals surface area contributed by atoms with Crippen molar-refractivity contribution in [3.05, 3.63) is 42.1 Å². The summed E-state index contributed by atoms with van der Waals surface area (Å²) in [6.07, 6.45) is 4.67. The molecule has 0 spiro atoms. The molecule has 17 heavy (non-hydrogen) atoms. The molecule has 0 saturated carbocycles. The minimum absolute atomic E-state index is 0.687. The zero-order valence-corrected chi connectivity index (χ0v) is 9.90. The van der Waals surface area contributed by atoms with Crippen molar-refractivity contribution in [1.29, 1.82) is 0 Å². The van der Waals surface area contributed by atoms with Gasteiger partial charge in [-0.25, -0.2) is 9.97 Å². The van der Waals surface area contributed by atoms with Crippen LogP contribution in [-0.4, -0.2) is 28.5 Å². The van der Waals surface area contributed by atoms with Crippen LogP contribution in [0.1, 0.15) is 11.5 Å². The van der Waals surface area contributed by atoms with E-state index in [1.807, 2.05) is 25.4 Å². The number of aromatic nitrogens is 3. The summed E-state index contributed by atoms with van der Waals surface area (Å²) in [5.74, 6) is 1.68. The van der Waals surface area contributed by atoms with E-state index in [0.29, 0.717) is 6.54 Å². The molecule has 0 radical (unpaired) electrons. The molecule has 0 amide bonds. The average Bonchev–Trinajstić information content (AvgIpc) is 2.83. The molecule has 2 heterocycles. The Bertz CT molecular complexity index is 438. The van der Waals surface area contributed by atoms with Crippen LogP contribution in [0.2, 0.25) is 0 Å². The molecule has 2 rings (SSSR count). The number of nitrogens with zero attached hydrogens (tertiary/aromatic N) is 2. The SMILES string of the molecule is CNCc1nccc(NCCc2ccc[nH]2)n1. The highest BCUT2D eigenvalue weighted by Gasteiger charge is 1.98. The quantitative estimate of drug-likeness (QED) is 0.698. The molecule has 0 aliphatic carbocycles. The van der Waals surface area contributed by atoms with Crippen molar-refractivity contribution in [1.82, 2.24) is 20.3 Å². The smallest absolute Gasteiger partial charge is 0.144 e. The molecule has 0 bridgehead atoms. The van der Waals surface area contributed by atoms with Gasteiger partial charge >= 0.3 is 0 Å². The first kappa shape index (κ1) is 11.6. The molecule has 5 heteroatoms. The van der Waals surface area contributed by atoms with E-state index in [2.05, 4.69) is 31.7 Å². The Morgan fingerprint density at radius 3 is 3.06 bits per heavy atom. The predicted molar refractivity (Wildman–Crippen MR) is 67.8 cm³/mol. The molecule has 0 aromatic carbocycles. The van der Waals surface area contributed by atoms with E-state index < -0.39 is 0 Å². The van der Waals surface area contributed by atoms with Crippen molar-refractivity contribution < 1.29 is 0 Å². The summed E-state index contributed by atoms with van der Waals surface area (Å²) < 4.78 is 0. The van der Waals surface area contributed by atoms with E-state index >= 15 is 0 Å². The van der Waals surface area contributed by atoms with Gasteiger partial charge in [0.15, 0.2) is 0 Å². The van der Waals surface area contributed by atoms with Gasteiger partial charge in [0, 0.05) is 31.1 Å². The third-order valence-electron chi connectivity index (χ3n) is 2.40. The summed E-state index contributed by atoms with van der Waals surface area (Å²) in [6.45, 7) is 1.54. The van der Waals surface area contributed by atoms with E-state index in [-0.39, 0.29) is 0 Å². The van der Waals surface area contributed by atoms with Gasteiger partial charge in [-0.3, -0.25) is 0 Å². The number of hydrogen-bond donors (Lipinski definition) is 3. The largest absolute Gasteiger partial charge is 0.370 e. The molecule has 0 unspecified atom stereocenters. The lowest BCUT2D eigenvalue weighted by molar-refractivity contribution is 0.758. The molecule has 0 aliphatic rings. The van der Waals surface area contributed by atoms with Gasteiger partial charge in [-0.1, -0.05) is 0 Å². The van der Waals surface area contributed by atoms with Crippen LogP contribution in [0.4, 0.5) is 5.82 Å². The maximum Gasteiger partial charge on any atom is 0.144 e. The van der Waals surface area contributed by atoms with Crippen LogP contribution < -0.4 is 10.6 Å². The van der Waals surface area contributed by atoms with Crippen molar-refractivity contribution in [2.75, 3.05) is 18.9 Å². The van der Waals surface area contributed by atoms with Gasteiger partial charge in [0.05, 0.1) is 6.54 Å². The molecule has 0 saturated heterocycles. The third kappa shape index (κ3) is 3.57. The number of rotatable bonds is 6. The molecule has 3 N–H and O–H groups in total. The Morgan fingerprint density at radius 2 is 2.29 bits per heavy atom. The van der Waals surface area contributed by atoms with Crippen molar-refractivity contribution in [2.45, 2.75) is 13.0 Å².